The second-order valence-electron chi connectivity index (χ2n) is 10.1. The number of hydrogen-bond acceptors (Lipinski definition) is 9. The third-order valence-electron chi connectivity index (χ3n) is 7.37. The quantitative estimate of drug-likeness (QED) is 0.187. The lowest BCUT2D eigenvalue weighted by atomic mass is 9.73. The summed E-state index contributed by atoms with van der Waals surface area (Å²) in [4.78, 5) is 9.87. The Balaban J connectivity index is 1.44. The second-order valence-corrected chi connectivity index (χ2v) is 11.4. The van der Waals surface area contributed by atoms with Gasteiger partial charge in [-0.15, -0.1) is 16.9 Å². The van der Waals surface area contributed by atoms with Gasteiger partial charge in [0, 0.05) is 34.4 Å². The molecule has 1 aliphatic heterocycles. The van der Waals surface area contributed by atoms with E-state index in [2.05, 4.69) is 61.7 Å². The van der Waals surface area contributed by atoms with E-state index in [1.807, 2.05) is 43.5 Å². The zero-order chi connectivity index (χ0) is 27.9. The van der Waals surface area contributed by atoms with E-state index in [-0.39, 0.29) is 6.04 Å². The Morgan fingerprint density at radius 1 is 1.27 bits per heavy atom. The molecule has 0 bridgehead atoms. The van der Waals surface area contributed by atoms with Gasteiger partial charge in [-0.05, 0) is 43.9 Å². The molecule has 4 N–H and O–H groups in total. The van der Waals surface area contributed by atoms with E-state index in [1.54, 1.807) is 11.7 Å². The molecule has 1 aliphatic carbocycles. The molecule has 8 nitrogen and oxygen atoms in total. The van der Waals surface area contributed by atoms with Crippen LogP contribution in [0, 0.1) is 18.3 Å². The van der Waals surface area contributed by atoms with Crippen LogP contribution in [0.1, 0.15) is 53.9 Å². The third kappa shape index (κ3) is 4.85. The number of hydrogen-bond donors (Lipinski definition) is 4. The molecule has 2 aliphatic rings. The fourth-order valence-corrected chi connectivity index (χ4v) is 6.24. The molecule has 1 saturated carbocycles. The van der Waals surface area contributed by atoms with Gasteiger partial charge in [-0.1, -0.05) is 48.9 Å². The summed E-state index contributed by atoms with van der Waals surface area (Å²) in [5.74, 6) is 0. The van der Waals surface area contributed by atoms with Gasteiger partial charge in [0.15, 0.2) is 0 Å². The monoisotopic (exact) mass is 566 g/mol. The molecule has 40 heavy (non-hydrogen) atoms. The van der Waals surface area contributed by atoms with Crippen molar-refractivity contribution in [2.75, 3.05) is 10.6 Å². The Labute approximate surface area is 243 Å². The SMILES string of the molecule is [B]C(Nc1cc(Cl)c2ncc(C#N)c(N[C@H](CC)c3ccccc3)c2c1)(C1=CN(C2CC2)NN1)c1scnc1C. The van der Waals surface area contributed by atoms with Gasteiger partial charge in [0.2, 0.25) is 0 Å². The maximum atomic E-state index is 10.0. The molecule has 0 amide bonds. The maximum Gasteiger partial charge on any atom is 0.120 e. The molecular formula is C29H28BClN8S. The molecular weight excluding hydrogens is 539 g/mol. The predicted octanol–water partition coefficient (Wildman–Crippen LogP) is 5.85. The first-order valence-corrected chi connectivity index (χ1v) is 14.5. The summed E-state index contributed by atoms with van der Waals surface area (Å²) < 4.78 is 0. The van der Waals surface area contributed by atoms with Gasteiger partial charge in [-0.25, -0.2) is 4.98 Å². The summed E-state index contributed by atoms with van der Waals surface area (Å²) in [6, 6.07) is 16.7. The smallest absolute Gasteiger partial charge is 0.120 e. The van der Waals surface area contributed by atoms with Crippen LogP contribution in [0.4, 0.5) is 11.4 Å². The lowest BCUT2D eigenvalue weighted by Crippen LogP contribution is -2.45. The minimum absolute atomic E-state index is 0.00458. The van der Waals surface area contributed by atoms with Crippen molar-refractivity contribution in [3.05, 3.63) is 92.8 Å². The average Bonchev–Trinajstić information content (AvgIpc) is 3.51. The predicted molar refractivity (Wildman–Crippen MR) is 162 cm³/mol. The number of nitrogens with one attached hydrogen (secondary N) is 4. The van der Waals surface area contributed by atoms with Crippen molar-refractivity contribution < 1.29 is 0 Å². The topological polar surface area (TPSA) is 101 Å². The van der Waals surface area contributed by atoms with Gasteiger partial charge in [0.25, 0.3) is 0 Å². The number of pyridine rings is 1. The minimum Gasteiger partial charge on any atom is -0.377 e. The highest BCUT2D eigenvalue weighted by Crippen LogP contribution is 2.40. The number of benzene rings is 2. The van der Waals surface area contributed by atoms with E-state index in [1.165, 1.54) is 11.3 Å². The molecule has 3 heterocycles. The first kappa shape index (κ1) is 26.4. The first-order valence-electron chi connectivity index (χ1n) is 13.2. The number of nitriles is 1. The molecule has 2 atom stereocenters. The van der Waals surface area contributed by atoms with Crippen LogP contribution in [0.5, 0.6) is 0 Å². The van der Waals surface area contributed by atoms with Gasteiger partial charge < -0.3 is 16.1 Å². The van der Waals surface area contributed by atoms with E-state index >= 15 is 0 Å². The third-order valence-corrected chi connectivity index (χ3v) is 8.72. The van der Waals surface area contributed by atoms with Gasteiger partial charge in [0.05, 0.1) is 50.2 Å². The fourth-order valence-electron chi connectivity index (χ4n) is 5.09. The molecule has 0 saturated heterocycles. The van der Waals surface area contributed by atoms with Crippen LogP contribution in [0.3, 0.4) is 0 Å². The van der Waals surface area contributed by atoms with Crippen LogP contribution in [0.15, 0.2) is 66.1 Å². The van der Waals surface area contributed by atoms with Gasteiger partial charge in [-0.2, -0.15) is 5.26 Å². The number of aromatic nitrogens is 2. The van der Waals surface area contributed by atoms with Gasteiger partial charge >= 0.3 is 0 Å². The van der Waals surface area contributed by atoms with E-state index in [0.717, 1.165) is 46.5 Å². The second kappa shape index (κ2) is 10.7. The Hall–Kier alpha value is -3.78. The molecule has 200 valence electrons. The number of rotatable bonds is 9. The number of fused-ring (bicyclic) bond motifs is 1. The summed E-state index contributed by atoms with van der Waals surface area (Å²) in [6.07, 6.45) is 6.68. The molecule has 2 radical (unpaired) electrons. The fraction of sp³-hybridized carbons (Fsp3) is 0.276. The largest absolute Gasteiger partial charge is 0.377 e. The molecule has 0 spiro atoms. The van der Waals surface area contributed by atoms with E-state index < -0.39 is 5.44 Å². The Bertz CT molecular complexity index is 1630. The number of halogens is 1. The van der Waals surface area contributed by atoms with E-state index in [4.69, 9.17) is 19.4 Å². The Morgan fingerprint density at radius 3 is 2.75 bits per heavy atom. The summed E-state index contributed by atoms with van der Waals surface area (Å²) in [7, 11) is 7.19. The minimum atomic E-state index is -1.12. The van der Waals surface area contributed by atoms with Crippen molar-refractivity contribution in [2.45, 2.75) is 50.6 Å². The summed E-state index contributed by atoms with van der Waals surface area (Å²) in [5, 5.41) is 20.4. The Morgan fingerprint density at radius 2 is 2.08 bits per heavy atom. The molecule has 2 aromatic carbocycles. The zero-order valence-electron chi connectivity index (χ0n) is 22.2. The standard InChI is InChI=1S/C29H28BClN8S/c1-3-24(18-7-5-4-6-8-18)35-26-19(13-32)14-33-27-22(26)11-20(12-23(27)31)36-29(30,28-17(2)34-16-40-28)25-15-39(38-37-25)21-9-10-21/h4-8,11-12,14-16,21,24,36-38H,3,9-10H2,1-2H3,(H,33,35)/t24-,29?/m1/s1. The highest BCUT2D eigenvalue weighted by molar-refractivity contribution is 7.10. The molecule has 11 heteroatoms. The number of anilines is 2. The molecule has 1 fully saturated rings. The summed E-state index contributed by atoms with van der Waals surface area (Å²) in [6.45, 7) is 4.06. The van der Waals surface area contributed by atoms with Crippen LogP contribution in [0.2, 0.25) is 5.02 Å². The molecule has 2 aromatic heterocycles. The van der Waals surface area contributed by atoms with Gasteiger partial charge in [-0.3, -0.25) is 9.99 Å². The number of nitrogens with zero attached hydrogens (tertiary/aromatic N) is 4. The highest BCUT2D eigenvalue weighted by Gasteiger charge is 2.39. The van der Waals surface area contributed by atoms with Crippen LogP contribution >= 0.6 is 22.9 Å². The van der Waals surface area contributed by atoms with E-state index in [9.17, 15) is 5.26 Å². The normalized spacial score (nSPS) is 17.1. The lowest BCUT2D eigenvalue weighted by Gasteiger charge is -2.33. The lowest BCUT2D eigenvalue weighted by molar-refractivity contribution is 0.260. The maximum absolute atomic E-state index is 10.0. The van der Waals surface area contributed by atoms with Crippen LogP contribution < -0.4 is 21.6 Å². The van der Waals surface area contributed by atoms with Crippen LogP contribution in [0.25, 0.3) is 10.9 Å². The van der Waals surface area contributed by atoms with E-state index in [0.29, 0.717) is 33.5 Å². The van der Waals surface area contributed by atoms with Crippen LogP contribution in [-0.2, 0) is 5.44 Å². The first-order chi connectivity index (χ1) is 19.4. The molecule has 1 unspecified atom stereocenters. The Kier molecular flexibility index (Phi) is 7.05. The molecule has 6 rings (SSSR count). The van der Waals surface area contributed by atoms with Crippen molar-refractivity contribution in [1.82, 2.24) is 25.9 Å². The number of aryl methyl sites for hydroxylation is 1. The number of hydrazine groups is 2. The zero-order valence-corrected chi connectivity index (χ0v) is 23.8. The van der Waals surface area contributed by atoms with Crippen molar-refractivity contribution in [1.29, 1.82) is 5.26 Å². The molecule has 4 aromatic rings. The average molecular weight is 567 g/mol. The van der Waals surface area contributed by atoms with Crippen molar-refractivity contribution in [3.8, 4) is 6.07 Å². The van der Waals surface area contributed by atoms with Crippen molar-refractivity contribution in [3.63, 3.8) is 0 Å². The summed E-state index contributed by atoms with van der Waals surface area (Å²) in [5.41, 5.74) is 12.3. The van der Waals surface area contributed by atoms with Crippen LogP contribution in [-0.4, -0.2) is 28.9 Å². The van der Waals surface area contributed by atoms with Crippen molar-refractivity contribution in [2.24, 2.45) is 0 Å². The highest BCUT2D eigenvalue weighted by atomic mass is 35.5. The summed E-state index contributed by atoms with van der Waals surface area (Å²) >= 11 is 8.31. The van der Waals surface area contributed by atoms with Gasteiger partial charge in [0.1, 0.15) is 13.9 Å². The van der Waals surface area contributed by atoms with Crippen molar-refractivity contribution >= 4 is 53.1 Å². The number of thiazole rings is 1.